The number of nitrogens with zero attached hydrogens (tertiary/aromatic N) is 5. The number of methoxy groups -OCH3 is 1. The van der Waals surface area contributed by atoms with Crippen molar-refractivity contribution in [3.8, 4) is 11.1 Å². The number of amides is 2. The van der Waals surface area contributed by atoms with Crippen molar-refractivity contribution in [3.05, 3.63) is 36.5 Å². The molecule has 0 saturated carbocycles. The van der Waals surface area contributed by atoms with Crippen molar-refractivity contribution < 1.29 is 27.8 Å². The SMILES string of the molecule is COC1C(O)N(c2cc(C(F)(F)F)c(-c3cncnc3)cn2)C(=O)N1C. The van der Waals surface area contributed by atoms with Gasteiger partial charge in [0.15, 0.2) is 12.5 Å². The van der Waals surface area contributed by atoms with Crippen LogP contribution in [0.5, 0.6) is 0 Å². The first-order valence-electron chi connectivity index (χ1n) is 7.35. The first kappa shape index (κ1) is 18.0. The monoisotopic (exact) mass is 369 g/mol. The number of hydrogen-bond acceptors (Lipinski definition) is 6. The third-order valence-corrected chi connectivity index (χ3v) is 3.96. The number of alkyl halides is 3. The quantitative estimate of drug-likeness (QED) is 0.886. The molecule has 0 spiro atoms. The number of carbonyl (C=O) groups is 1. The molecule has 1 aliphatic heterocycles. The lowest BCUT2D eigenvalue weighted by Crippen LogP contribution is -2.38. The molecule has 1 aliphatic rings. The largest absolute Gasteiger partial charge is 0.417 e. The van der Waals surface area contributed by atoms with Gasteiger partial charge < -0.3 is 9.84 Å². The maximum Gasteiger partial charge on any atom is 0.417 e. The zero-order chi connectivity index (χ0) is 19.1. The number of rotatable bonds is 3. The number of hydrogen-bond donors (Lipinski definition) is 1. The van der Waals surface area contributed by atoms with Gasteiger partial charge in [-0.1, -0.05) is 0 Å². The molecule has 2 unspecified atom stereocenters. The zero-order valence-electron chi connectivity index (χ0n) is 13.7. The Morgan fingerprint density at radius 3 is 2.42 bits per heavy atom. The van der Waals surface area contributed by atoms with Gasteiger partial charge in [-0.25, -0.2) is 24.6 Å². The van der Waals surface area contributed by atoms with Gasteiger partial charge in [0.1, 0.15) is 12.1 Å². The van der Waals surface area contributed by atoms with E-state index in [1.807, 2.05) is 0 Å². The Balaban J connectivity index is 2.10. The van der Waals surface area contributed by atoms with Crippen LogP contribution in [-0.2, 0) is 10.9 Å². The fourth-order valence-electron chi connectivity index (χ4n) is 2.71. The van der Waals surface area contributed by atoms with Gasteiger partial charge in [-0.05, 0) is 6.07 Å². The van der Waals surface area contributed by atoms with Crippen LogP contribution in [0.1, 0.15) is 5.56 Å². The topological polar surface area (TPSA) is 91.7 Å². The van der Waals surface area contributed by atoms with Crippen molar-refractivity contribution in [2.24, 2.45) is 0 Å². The summed E-state index contributed by atoms with van der Waals surface area (Å²) in [6.07, 6.45) is -2.64. The Morgan fingerprint density at radius 2 is 1.88 bits per heavy atom. The third-order valence-electron chi connectivity index (χ3n) is 3.96. The lowest BCUT2D eigenvalue weighted by Gasteiger charge is -2.21. The number of carbonyl (C=O) groups excluding carboxylic acids is 1. The van der Waals surface area contributed by atoms with Gasteiger partial charge in [0, 0.05) is 43.9 Å². The Hall–Kier alpha value is -2.79. The zero-order valence-corrected chi connectivity index (χ0v) is 13.7. The lowest BCUT2D eigenvalue weighted by atomic mass is 10.0. The fourth-order valence-corrected chi connectivity index (χ4v) is 2.71. The highest BCUT2D eigenvalue weighted by molar-refractivity contribution is 5.94. The summed E-state index contributed by atoms with van der Waals surface area (Å²) >= 11 is 0. The van der Waals surface area contributed by atoms with Crippen molar-refractivity contribution in [3.63, 3.8) is 0 Å². The molecule has 138 valence electrons. The van der Waals surface area contributed by atoms with E-state index in [9.17, 15) is 23.1 Å². The summed E-state index contributed by atoms with van der Waals surface area (Å²) in [5, 5.41) is 10.2. The van der Waals surface area contributed by atoms with Crippen molar-refractivity contribution in [2.45, 2.75) is 18.6 Å². The Labute approximate surface area is 145 Å². The van der Waals surface area contributed by atoms with E-state index in [1.165, 1.54) is 32.9 Å². The highest BCUT2D eigenvalue weighted by atomic mass is 19.4. The molecule has 0 aromatic carbocycles. The highest BCUT2D eigenvalue weighted by Gasteiger charge is 2.46. The molecule has 0 aliphatic carbocycles. The number of ether oxygens (including phenoxy) is 1. The van der Waals surface area contributed by atoms with E-state index in [2.05, 4.69) is 15.0 Å². The first-order valence-corrected chi connectivity index (χ1v) is 7.35. The van der Waals surface area contributed by atoms with Crippen LogP contribution in [0.3, 0.4) is 0 Å². The van der Waals surface area contributed by atoms with Gasteiger partial charge in [-0.3, -0.25) is 4.90 Å². The van der Waals surface area contributed by atoms with E-state index in [-0.39, 0.29) is 16.9 Å². The van der Waals surface area contributed by atoms with Crippen molar-refractivity contribution >= 4 is 11.8 Å². The van der Waals surface area contributed by atoms with Crippen LogP contribution in [0, 0.1) is 0 Å². The Morgan fingerprint density at radius 1 is 1.23 bits per heavy atom. The number of urea groups is 1. The van der Waals surface area contributed by atoms with Crippen LogP contribution in [0.2, 0.25) is 0 Å². The van der Waals surface area contributed by atoms with Crippen LogP contribution in [0.4, 0.5) is 23.8 Å². The lowest BCUT2D eigenvalue weighted by molar-refractivity contribution is -0.137. The van der Waals surface area contributed by atoms with E-state index in [4.69, 9.17) is 4.74 Å². The Bertz CT molecular complexity index is 818. The number of aromatic nitrogens is 3. The van der Waals surface area contributed by atoms with E-state index in [0.29, 0.717) is 6.07 Å². The van der Waals surface area contributed by atoms with Crippen molar-refractivity contribution in [2.75, 3.05) is 19.1 Å². The molecule has 3 rings (SSSR count). The van der Waals surface area contributed by atoms with E-state index >= 15 is 0 Å². The summed E-state index contributed by atoms with van der Waals surface area (Å²) in [5.74, 6) is -0.346. The van der Waals surface area contributed by atoms with Gasteiger partial charge >= 0.3 is 12.2 Å². The molecule has 2 amide bonds. The van der Waals surface area contributed by atoms with Gasteiger partial charge in [0.05, 0.1) is 5.56 Å². The molecular formula is C15H14F3N5O3. The van der Waals surface area contributed by atoms with Crippen LogP contribution in [0.25, 0.3) is 11.1 Å². The summed E-state index contributed by atoms with van der Waals surface area (Å²) in [5.41, 5.74) is -1.14. The minimum absolute atomic E-state index is 0.124. The molecule has 11 heteroatoms. The molecule has 3 heterocycles. The van der Waals surface area contributed by atoms with Crippen LogP contribution < -0.4 is 4.90 Å². The second-order valence-corrected chi connectivity index (χ2v) is 5.52. The average Bonchev–Trinajstić information content (AvgIpc) is 2.83. The van der Waals surface area contributed by atoms with Gasteiger partial charge in [0.25, 0.3) is 0 Å². The Kier molecular flexibility index (Phi) is 4.50. The minimum atomic E-state index is -4.72. The molecule has 2 aromatic heterocycles. The van der Waals surface area contributed by atoms with Gasteiger partial charge in [0.2, 0.25) is 0 Å². The van der Waals surface area contributed by atoms with Crippen LogP contribution >= 0.6 is 0 Å². The van der Waals surface area contributed by atoms with Crippen molar-refractivity contribution in [1.29, 1.82) is 0 Å². The summed E-state index contributed by atoms with van der Waals surface area (Å²) in [7, 11) is 2.63. The molecule has 26 heavy (non-hydrogen) atoms. The van der Waals surface area contributed by atoms with E-state index in [0.717, 1.165) is 16.0 Å². The number of aliphatic hydroxyl groups excluding tert-OH is 1. The second kappa shape index (κ2) is 6.50. The molecule has 1 N–H and O–H groups in total. The highest BCUT2D eigenvalue weighted by Crippen LogP contribution is 2.39. The van der Waals surface area contributed by atoms with E-state index in [1.54, 1.807) is 0 Å². The molecule has 0 bridgehead atoms. The maximum absolute atomic E-state index is 13.5. The summed E-state index contributed by atoms with van der Waals surface area (Å²) in [6.45, 7) is 0. The number of pyridine rings is 1. The summed E-state index contributed by atoms with van der Waals surface area (Å²) in [4.78, 5) is 25.4. The molecule has 8 nitrogen and oxygen atoms in total. The standard InChI is InChI=1S/C15H14F3N5O3/c1-22-13(26-2)12(24)23(14(22)25)11-3-10(15(16,17)18)9(6-21-11)8-4-19-7-20-5-8/h3-7,12-13,24H,1-2H3. The average molecular weight is 369 g/mol. The summed E-state index contributed by atoms with van der Waals surface area (Å²) < 4.78 is 45.6. The smallest absolute Gasteiger partial charge is 0.369 e. The molecule has 1 fully saturated rings. The maximum atomic E-state index is 13.5. The molecule has 1 saturated heterocycles. The van der Waals surface area contributed by atoms with Crippen LogP contribution in [-0.4, -0.2) is 57.6 Å². The predicted octanol–water partition coefficient (Wildman–Crippen LogP) is 1.72. The third kappa shape index (κ3) is 2.95. The van der Waals surface area contributed by atoms with Crippen LogP contribution in [0.15, 0.2) is 31.0 Å². The molecule has 2 atom stereocenters. The first-order chi connectivity index (χ1) is 12.3. The predicted molar refractivity (Wildman–Crippen MR) is 82.7 cm³/mol. The fraction of sp³-hybridized carbons (Fsp3) is 0.333. The van der Waals surface area contributed by atoms with Gasteiger partial charge in [-0.2, -0.15) is 13.2 Å². The number of halogens is 3. The normalized spacial score (nSPS) is 20.8. The molecule has 2 aromatic rings. The molecule has 0 radical (unpaired) electrons. The van der Waals surface area contributed by atoms with E-state index < -0.39 is 30.2 Å². The number of anilines is 1. The molecular weight excluding hydrogens is 355 g/mol. The number of aliphatic hydroxyl groups is 1. The van der Waals surface area contributed by atoms with Gasteiger partial charge in [-0.15, -0.1) is 0 Å². The van der Waals surface area contributed by atoms with Crippen molar-refractivity contribution in [1.82, 2.24) is 19.9 Å². The minimum Gasteiger partial charge on any atom is -0.369 e. The summed E-state index contributed by atoms with van der Waals surface area (Å²) in [6, 6.07) is -0.0317. The second-order valence-electron chi connectivity index (χ2n) is 5.52. The number of likely N-dealkylation sites (N-methyl/N-ethyl adjacent to an activating group) is 1.